The number of benzene rings is 2. The van der Waals surface area contributed by atoms with E-state index in [2.05, 4.69) is 44.7 Å². The molecule has 2 rings (SSSR count). The van der Waals surface area contributed by atoms with Crippen LogP contribution in [-0.2, 0) is 0 Å². The maximum absolute atomic E-state index is 9.17. The lowest BCUT2D eigenvalue weighted by Crippen LogP contribution is -1.90. The molecular formula is C18H17N. The van der Waals surface area contributed by atoms with Crippen molar-refractivity contribution in [2.75, 3.05) is 0 Å². The fraction of sp³-hybridized carbons (Fsp3) is 0.167. The second-order valence-electron chi connectivity index (χ2n) is 4.64. The topological polar surface area (TPSA) is 23.8 Å². The lowest BCUT2D eigenvalue weighted by molar-refractivity contribution is 1.23. The smallest absolute Gasteiger partial charge is 0.0998 e. The molecule has 0 saturated carbocycles. The van der Waals surface area contributed by atoms with Crippen molar-refractivity contribution in [2.45, 2.75) is 20.3 Å². The summed E-state index contributed by atoms with van der Waals surface area (Å²) in [6.45, 7) is 8.29. The van der Waals surface area contributed by atoms with E-state index < -0.39 is 0 Å². The van der Waals surface area contributed by atoms with Gasteiger partial charge in [-0.3, -0.25) is 0 Å². The molecule has 0 bridgehead atoms. The summed E-state index contributed by atoms with van der Waals surface area (Å²) in [5.41, 5.74) is 6.35. The van der Waals surface area contributed by atoms with E-state index in [4.69, 9.17) is 5.26 Å². The summed E-state index contributed by atoms with van der Waals surface area (Å²) in [5.74, 6) is 0. The molecule has 0 radical (unpaired) electrons. The molecule has 0 N–H and O–H groups in total. The predicted octanol–water partition coefficient (Wildman–Crippen LogP) is 4.96. The average Bonchev–Trinajstić information content (AvgIpc) is 2.46. The van der Waals surface area contributed by atoms with E-state index in [0.717, 1.165) is 23.1 Å². The summed E-state index contributed by atoms with van der Waals surface area (Å²) in [7, 11) is 0. The second-order valence-corrected chi connectivity index (χ2v) is 4.64. The highest BCUT2D eigenvalue weighted by atomic mass is 14.2. The standard InChI is InChI=1S/C18H17N/c1-4-13(2)17-10-9-15(11-14(17)3)18-8-6-5-7-16(18)12-19/h5-11H,2,4H2,1,3H3. The van der Waals surface area contributed by atoms with E-state index in [1.165, 1.54) is 11.1 Å². The van der Waals surface area contributed by atoms with Crippen molar-refractivity contribution in [3.63, 3.8) is 0 Å². The van der Waals surface area contributed by atoms with Gasteiger partial charge >= 0.3 is 0 Å². The van der Waals surface area contributed by atoms with Gasteiger partial charge in [-0.15, -0.1) is 0 Å². The number of hydrogen-bond acceptors (Lipinski definition) is 1. The molecule has 0 amide bonds. The first-order valence-electron chi connectivity index (χ1n) is 6.45. The molecule has 0 saturated heterocycles. The number of allylic oxidation sites excluding steroid dienone is 1. The molecule has 1 heteroatoms. The maximum atomic E-state index is 9.17. The van der Waals surface area contributed by atoms with Crippen molar-refractivity contribution in [3.8, 4) is 17.2 Å². The fourth-order valence-electron chi connectivity index (χ4n) is 2.25. The van der Waals surface area contributed by atoms with Gasteiger partial charge in [-0.1, -0.05) is 49.9 Å². The Labute approximate surface area is 114 Å². The van der Waals surface area contributed by atoms with Gasteiger partial charge in [0.15, 0.2) is 0 Å². The van der Waals surface area contributed by atoms with Gasteiger partial charge in [0.25, 0.3) is 0 Å². The molecule has 0 fully saturated rings. The van der Waals surface area contributed by atoms with Crippen LogP contribution >= 0.6 is 0 Å². The van der Waals surface area contributed by atoms with Crippen LogP contribution in [-0.4, -0.2) is 0 Å². The van der Waals surface area contributed by atoms with Crippen LogP contribution in [0.15, 0.2) is 49.0 Å². The van der Waals surface area contributed by atoms with Crippen molar-refractivity contribution in [1.82, 2.24) is 0 Å². The highest BCUT2D eigenvalue weighted by molar-refractivity contribution is 5.75. The van der Waals surface area contributed by atoms with Gasteiger partial charge in [0, 0.05) is 0 Å². The van der Waals surface area contributed by atoms with Crippen LogP contribution in [0.3, 0.4) is 0 Å². The summed E-state index contributed by atoms with van der Waals surface area (Å²) in [6.07, 6.45) is 0.953. The van der Waals surface area contributed by atoms with Crippen LogP contribution in [0.2, 0.25) is 0 Å². The molecule has 19 heavy (non-hydrogen) atoms. The van der Waals surface area contributed by atoms with Crippen LogP contribution in [0.1, 0.15) is 30.0 Å². The van der Waals surface area contributed by atoms with Crippen LogP contribution in [0.4, 0.5) is 0 Å². The molecular weight excluding hydrogens is 230 g/mol. The van der Waals surface area contributed by atoms with Gasteiger partial charge < -0.3 is 0 Å². The van der Waals surface area contributed by atoms with Crippen LogP contribution < -0.4 is 0 Å². The Balaban J connectivity index is 2.51. The normalized spacial score (nSPS) is 9.95. The van der Waals surface area contributed by atoms with E-state index in [9.17, 15) is 0 Å². The Morgan fingerprint density at radius 1 is 1.21 bits per heavy atom. The van der Waals surface area contributed by atoms with Gasteiger partial charge in [-0.25, -0.2) is 0 Å². The Morgan fingerprint density at radius 2 is 1.95 bits per heavy atom. The number of aryl methyl sites for hydroxylation is 1. The van der Waals surface area contributed by atoms with E-state index in [0.29, 0.717) is 5.56 Å². The third kappa shape index (κ3) is 2.58. The van der Waals surface area contributed by atoms with E-state index in [-0.39, 0.29) is 0 Å². The molecule has 2 aromatic rings. The van der Waals surface area contributed by atoms with Gasteiger partial charge in [0.2, 0.25) is 0 Å². The number of nitriles is 1. The second kappa shape index (κ2) is 5.54. The number of nitrogens with zero attached hydrogens (tertiary/aromatic N) is 1. The Kier molecular flexibility index (Phi) is 3.82. The molecule has 0 unspecified atom stereocenters. The lowest BCUT2D eigenvalue weighted by Gasteiger charge is -2.11. The molecule has 0 aromatic heterocycles. The summed E-state index contributed by atoms with van der Waals surface area (Å²) >= 11 is 0. The summed E-state index contributed by atoms with van der Waals surface area (Å²) < 4.78 is 0. The predicted molar refractivity (Wildman–Crippen MR) is 80.7 cm³/mol. The minimum atomic E-state index is 0.712. The Hall–Kier alpha value is -2.33. The van der Waals surface area contributed by atoms with Crippen molar-refractivity contribution in [3.05, 3.63) is 65.7 Å². The Bertz CT molecular complexity index is 660. The first-order valence-corrected chi connectivity index (χ1v) is 6.45. The third-order valence-corrected chi connectivity index (χ3v) is 3.39. The van der Waals surface area contributed by atoms with Crippen molar-refractivity contribution in [1.29, 1.82) is 5.26 Å². The molecule has 94 valence electrons. The summed E-state index contributed by atoms with van der Waals surface area (Å²) in [4.78, 5) is 0. The molecule has 0 aliphatic carbocycles. The van der Waals surface area contributed by atoms with Gasteiger partial charge in [-0.2, -0.15) is 5.26 Å². The molecule has 0 aliphatic heterocycles. The van der Waals surface area contributed by atoms with Crippen LogP contribution in [0, 0.1) is 18.3 Å². The zero-order valence-corrected chi connectivity index (χ0v) is 11.4. The van der Waals surface area contributed by atoms with Crippen molar-refractivity contribution < 1.29 is 0 Å². The first-order chi connectivity index (χ1) is 9.17. The zero-order chi connectivity index (χ0) is 13.8. The monoisotopic (exact) mass is 247 g/mol. The molecule has 1 nitrogen and oxygen atoms in total. The lowest BCUT2D eigenvalue weighted by atomic mass is 9.93. The molecule has 2 aromatic carbocycles. The van der Waals surface area contributed by atoms with E-state index >= 15 is 0 Å². The summed E-state index contributed by atoms with van der Waals surface area (Å²) in [5, 5.41) is 9.17. The van der Waals surface area contributed by atoms with Crippen molar-refractivity contribution >= 4 is 5.57 Å². The SMILES string of the molecule is C=C(CC)c1ccc(-c2ccccc2C#N)cc1C. The quantitative estimate of drug-likeness (QED) is 0.752. The maximum Gasteiger partial charge on any atom is 0.0998 e. The minimum absolute atomic E-state index is 0.712. The minimum Gasteiger partial charge on any atom is -0.192 e. The fourth-order valence-corrected chi connectivity index (χ4v) is 2.25. The zero-order valence-electron chi connectivity index (χ0n) is 11.4. The highest BCUT2D eigenvalue weighted by Gasteiger charge is 2.07. The van der Waals surface area contributed by atoms with E-state index in [1.807, 2.05) is 24.3 Å². The average molecular weight is 247 g/mol. The first kappa shape index (κ1) is 13.1. The third-order valence-electron chi connectivity index (χ3n) is 3.39. The molecule has 0 atom stereocenters. The van der Waals surface area contributed by atoms with Crippen LogP contribution in [0.25, 0.3) is 16.7 Å². The number of hydrogen-bond donors (Lipinski definition) is 0. The highest BCUT2D eigenvalue weighted by Crippen LogP contribution is 2.28. The van der Waals surface area contributed by atoms with Crippen molar-refractivity contribution in [2.24, 2.45) is 0 Å². The Morgan fingerprint density at radius 3 is 2.58 bits per heavy atom. The van der Waals surface area contributed by atoms with E-state index in [1.54, 1.807) is 0 Å². The summed E-state index contributed by atoms with van der Waals surface area (Å²) in [6, 6.07) is 16.2. The molecule has 0 spiro atoms. The molecule has 0 heterocycles. The number of rotatable bonds is 3. The van der Waals surface area contributed by atoms with Crippen LogP contribution in [0.5, 0.6) is 0 Å². The van der Waals surface area contributed by atoms with Gasteiger partial charge in [-0.05, 0) is 47.2 Å². The largest absolute Gasteiger partial charge is 0.192 e. The van der Waals surface area contributed by atoms with Gasteiger partial charge in [0.1, 0.15) is 0 Å². The molecule has 0 aliphatic rings. The van der Waals surface area contributed by atoms with Gasteiger partial charge in [0.05, 0.1) is 11.6 Å².